The number of nitro benzene ring substituents is 1. The van der Waals surface area contributed by atoms with Crippen LogP contribution in [-0.2, 0) is 26.0 Å². The zero-order chi connectivity index (χ0) is 59.3. The largest absolute Gasteiger partial charge is 0.493 e. The van der Waals surface area contributed by atoms with Gasteiger partial charge >= 0.3 is 0 Å². The molecule has 13 rings (SSSR count). The normalized spacial score (nSPS) is 24.7. The first-order valence-corrected chi connectivity index (χ1v) is 32.2. The number of morpholine rings is 1. The Kier molecular flexibility index (Phi) is 16.1. The number of hydrogen-bond donors (Lipinski definition) is 4. The second kappa shape index (κ2) is 23.9. The van der Waals surface area contributed by atoms with Gasteiger partial charge in [-0.05, 0) is 148 Å². The smallest absolute Gasteiger partial charge is 0.293 e. The van der Waals surface area contributed by atoms with Gasteiger partial charge in [0.25, 0.3) is 21.6 Å². The maximum Gasteiger partial charge on any atom is 0.293 e. The molecule has 2 saturated carbocycles. The van der Waals surface area contributed by atoms with E-state index in [9.17, 15) is 28.4 Å². The number of rotatable bonds is 15. The summed E-state index contributed by atoms with van der Waals surface area (Å²) in [6.07, 6.45) is 11.6. The molecule has 1 amide bonds. The maximum absolute atomic E-state index is 14.9. The van der Waals surface area contributed by atoms with Crippen molar-refractivity contribution in [3.05, 3.63) is 124 Å². The molecule has 6 aromatic rings. The number of aromatic nitrogens is 3. The first-order chi connectivity index (χ1) is 41.6. The van der Waals surface area contributed by atoms with E-state index in [1.165, 1.54) is 23.3 Å². The average Bonchev–Trinajstić information content (AvgIpc) is 1.23. The third-order valence-electron chi connectivity index (χ3n) is 19.7. The summed E-state index contributed by atoms with van der Waals surface area (Å²) in [5, 5.41) is 26.9. The average molecular weight is 1190 g/mol. The lowest BCUT2D eigenvalue weighted by Gasteiger charge is -2.58. The number of nitrogens with one attached hydrogen (secondary N) is 3. The highest BCUT2D eigenvalue weighted by Crippen LogP contribution is 2.54. The molecular formula is C64H79N11O10S. The lowest BCUT2D eigenvalue weighted by molar-refractivity contribution is -0.384. The molecule has 8 heterocycles. The van der Waals surface area contributed by atoms with E-state index < -0.39 is 37.0 Å². The number of aliphatic hydroxyl groups is 1. The summed E-state index contributed by atoms with van der Waals surface area (Å²) >= 11 is 0. The zero-order valence-corrected chi connectivity index (χ0v) is 50.2. The molecule has 0 bridgehead atoms. The quantitative estimate of drug-likeness (QED) is 0.0555. The predicted molar refractivity (Wildman–Crippen MR) is 328 cm³/mol. The Morgan fingerprint density at radius 2 is 1.66 bits per heavy atom. The van der Waals surface area contributed by atoms with Gasteiger partial charge in [0, 0.05) is 114 Å². The fourth-order valence-corrected chi connectivity index (χ4v) is 15.7. The third-order valence-corrected chi connectivity index (χ3v) is 21.0. The van der Waals surface area contributed by atoms with Gasteiger partial charge in [0.2, 0.25) is 5.88 Å². The Labute approximate surface area is 502 Å². The van der Waals surface area contributed by atoms with Crippen LogP contribution in [0.4, 0.5) is 34.3 Å². The number of sulfonamides is 1. The van der Waals surface area contributed by atoms with Crippen LogP contribution in [0, 0.1) is 28.4 Å². The molecule has 2 aliphatic carbocycles. The van der Waals surface area contributed by atoms with E-state index in [4.69, 9.17) is 28.9 Å². The molecule has 3 aromatic carbocycles. The number of benzene rings is 3. The minimum atomic E-state index is -4.65. The van der Waals surface area contributed by atoms with E-state index in [-0.39, 0.29) is 40.8 Å². The van der Waals surface area contributed by atoms with E-state index in [1.54, 1.807) is 13.2 Å². The molecule has 6 fully saturated rings. The highest BCUT2D eigenvalue weighted by Gasteiger charge is 2.50. The summed E-state index contributed by atoms with van der Waals surface area (Å²) in [4.78, 5) is 51.5. The molecule has 456 valence electrons. The fraction of sp³-hybridized carbons (Fsp3) is 0.516. The monoisotopic (exact) mass is 1190 g/mol. The molecule has 4 saturated heterocycles. The van der Waals surface area contributed by atoms with Gasteiger partial charge in [-0.25, -0.2) is 18.1 Å². The number of methoxy groups -OCH3 is 1. The van der Waals surface area contributed by atoms with Crippen molar-refractivity contribution in [3.63, 3.8) is 0 Å². The molecule has 4 N–H and O–H groups in total. The summed E-state index contributed by atoms with van der Waals surface area (Å²) in [6.45, 7) is 13.6. The third kappa shape index (κ3) is 11.8. The summed E-state index contributed by atoms with van der Waals surface area (Å²) in [6, 6.07) is 24.6. The molecular weight excluding hydrogens is 1110 g/mol. The molecule has 3 atom stereocenters. The number of nitrogens with zero attached hydrogens (tertiary/aromatic N) is 8. The first-order valence-electron chi connectivity index (χ1n) is 30.7. The van der Waals surface area contributed by atoms with Crippen molar-refractivity contribution < 1.29 is 42.2 Å². The highest BCUT2D eigenvalue weighted by molar-refractivity contribution is 7.90. The Balaban J connectivity index is 0.742. The lowest BCUT2D eigenvalue weighted by atomic mass is 9.59. The van der Waals surface area contributed by atoms with Crippen LogP contribution in [0.25, 0.3) is 11.0 Å². The van der Waals surface area contributed by atoms with E-state index in [0.717, 1.165) is 125 Å². The van der Waals surface area contributed by atoms with E-state index in [0.29, 0.717) is 87.6 Å². The van der Waals surface area contributed by atoms with Crippen LogP contribution >= 0.6 is 0 Å². The van der Waals surface area contributed by atoms with Crippen LogP contribution in [-0.4, -0.2) is 159 Å². The number of aromatic amines is 1. The second-order valence-electron chi connectivity index (χ2n) is 25.3. The number of amides is 1. The lowest BCUT2D eigenvalue weighted by Crippen LogP contribution is -2.59. The van der Waals surface area contributed by atoms with Crippen LogP contribution in [0.15, 0.2) is 96.2 Å². The number of nitro groups is 1. The van der Waals surface area contributed by atoms with Crippen LogP contribution in [0.3, 0.4) is 0 Å². The Morgan fingerprint density at radius 3 is 2.44 bits per heavy atom. The second-order valence-corrected chi connectivity index (χ2v) is 27.0. The SMILES string of the molecule is COc1cc(CN2CCN(C3CC4(CCN(c5ccc(C(=O)NS(=O)(=O)c6ccc(NCC7CCC(C)(O)CC7)c([N+](=O)[O-])c6)c(N6c7cc8cc[nH]c8nc7O[C@H]7CCOCC[C@@H]76)c5)CC4)C3)[C@H](c3ccccc3C)C2)cnc1N1CCOCC1. The first kappa shape index (κ1) is 58.0. The number of pyridine rings is 2. The number of carbonyl (C=O) groups excluding carboxylic acids is 1. The Hall–Kier alpha value is -7.08. The summed E-state index contributed by atoms with van der Waals surface area (Å²) < 4.78 is 55.2. The number of H-pyrrole nitrogens is 1. The number of ether oxygens (including phenoxy) is 4. The highest BCUT2D eigenvalue weighted by atomic mass is 32.2. The van der Waals surface area contributed by atoms with Crippen LogP contribution in [0.5, 0.6) is 11.6 Å². The molecule has 3 aromatic heterocycles. The van der Waals surface area contributed by atoms with Gasteiger partial charge in [0.05, 0.1) is 59.6 Å². The van der Waals surface area contributed by atoms with Gasteiger partial charge < -0.3 is 49.1 Å². The topological polar surface area (TPSA) is 233 Å². The fourth-order valence-electron chi connectivity index (χ4n) is 14.7. The molecule has 7 aliphatic rings. The molecule has 0 unspecified atom stereocenters. The van der Waals surface area contributed by atoms with Gasteiger partial charge in [-0.3, -0.25) is 24.7 Å². The minimum absolute atomic E-state index is 0.110. The van der Waals surface area contributed by atoms with Crippen molar-refractivity contribution in [3.8, 4) is 11.6 Å². The summed E-state index contributed by atoms with van der Waals surface area (Å²) in [5.74, 6) is 1.37. The number of fused-ring (bicyclic) bond motifs is 3. The van der Waals surface area contributed by atoms with Crippen molar-refractivity contribution in [1.29, 1.82) is 0 Å². The van der Waals surface area contributed by atoms with Gasteiger partial charge in [-0.2, -0.15) is 4.98 Å². The van der Waals surface area contributed by atoms with Gasteiger partial charge in [-0.1, -0.05) is 24.3 Å². The van der Waals surface area contributed by atoms with E-state index >= 15 is 0 Å². The van der Waals surface area contributed by atoms with Crippen molar-refractivity contribution in [2.45, 2.75) is 119 Å². The van der Waals surface area contributed by atoms with Crippen molar-refractivity contribution >= 4 is 61.2 Å². The van der Waals surface area contributed by atoms with Gasteiger partial charge in [0.1, 0.15) is 23.1 Å². The van der Waals surface area contributed by atoms with Crippen LogP contribution < -0.4 is 34.2 Å². The molecule has 5 aliphatic heterocycles. The Bertz CT molecular complexity index is 3590. The van der Waals surface area contributed by atoms with Crippen molar-refractivity contribution in [2.24, 2.45) is 11.3 Å². The standard InChI is InChI=1S/C64H79N11O10S/c1-42-6-4-5-7-49(42)56-41-70(40-44-32-58(82-3)60(67-39-44)72-26-30-84-31-27-72)24-25-73(56)47-36-64(37-47)19-22-71(23-20-64)46-8-10-50(53(34-46)74-52-15-28-83-29-16-57(52)85-62-55(74)33-45-14-21-65-59(45)68-62)61(76)69-86(80,81)48-9-11-51(54(35-48)75(78)79)66-38-43-12-17-63(2,77)18-13-43/h4-11,14,21,32-35,39,43,47,52,56-57,66,77H,12-13,15-20,22-31,36-38,40-41H2,1-3H3,(H,65,68)(H,69,76)/t43?,52-,56-,57-,63?/m0/s1. The molecule has 21 nitrogen and oxygen atoms in total. The van der Waals surface area contributed by atoms with Crippen molar-refractivity contribution in [2.75, 3.05) is 106 Å². The summed E-state index contributed by atoms with van der Waals surface area (Å²) in [5.41, 5.74) is 5.85. The zero-order valence-electron chi connectivity index (χ0n) is 49.4. The maximum atomic E-state index is 14.9. The van der Waals surface area contributed by atoms with E-state index in [2.05, 4.69) is 76.8 Å². The van der Waals surface area contributed by atoms with Crippen molar-refractivity contribution in [1.82, 2.24) is 29.5 Å². The summed E-state index contributed by atoms with van der Waals surface area (Å²) in [7, 11) is -2.93. The van der Waals surface area contributed by atoms with Gasteiger partial charge in [0.15, 0.2) is 11.6 Å². The molecule has 22 heteroatoms. The molecule has 86 heavy (non-hydrogen) atoms. The molecule has 0 radical (unpaired) electrons. The minimum Gasteiger partial charge on any atom is -0.493 e. The number of anilines is 5. The van der Waals surface area contributed by atoms with Gasteiger partial charge in [-0.15, -0.1) is 0 Å². The van der Waals surface area contributed by atoms with E-state index in [1.807, 2.05) is 43.6 Å². The number of piperidine rings is 1. The number of carbonyl (C=O) groups is 1. The molecule has 1 spiro atoms. The van der Waals surface area contributed by atoms with Crippen LogP contribution in [0.1, 0.15) is 104 Å². The Morgan fingerprint density at radius 1 is 0.884 bits per heavy atom. The number of hydrogen-bond acceptors (Lipinski definition) is 18. The number of piperazine rings is 1. The predicted octanol–water partition coefficient (Wildman–Crippen LogP) is 8.88. The van der Waals surface area contributed by atoms with Crippen LogP contribution in [0.2, 0.25) is 0 Å². The number of aryl methyl sites for hydroxylation is 1.